The Morgan fingerprint density at radius 2 is 1.73 bits per heavy atom. The molecule has 0 radical (unpaired) electrons. The van der Waals surface area contributed by atoms with E-state index in [1.807, 2.05) is 49.4 Å². The Kier molecular flexibility index (Phi) is 4.17. The fourth-order valence-corrected chi connectivity index (χ4v) is 3.69. The molecule has 2 heterocycles. The van der Waals surface area contributed by atoms with E-state index < -0.39 is 0 Å². The van der Waals surface area contributed by atoms with Crippen LogP contribution in [0.25, 0.3) is 22.4 Å². The molecule has 4 rings (SSSR count). The zero-order chi connectivity index (χ0) is 18.3. The highest BCUT2D eigenvalue weighted by Crippen LogP contribution is 2.17. The SMILES string of the molecule is Cc1ccc(-c2nc3s/c(=C\c4ccc(C(C)C)cc4)c(=O)n3n2)cc1. The van der Waals surface area contributed by atoms with Crippen molar-refractivity contribution < 1.29 is 0 Å². The van der Waals surface area contributed by atoms with Crippen molar-refractivity contribution in [2.75, 3.05) is 0 Å². The molecule has 26 heavy (non-hydrogen) atoms. The molecule has 5 heteroatoms. The first-order valence-electron chi connectivity index (χ1n) is 8.59. The third-order valence-corrected chi connectivity index (χ3v) is 5.35. The molecule has 0 aliphatic heterocycles. The number of benzene rings is 2. The largest absolute Gasteiger partial charge is 0.291 e. The fraction of sp³-hybridized carbons (Fsp3) is 0.190. The van der Waals surface area contributed by atoms with Crippen molar-refractivity contribution >= 4 is 22.4 Å². The summed E-state index contributed by atoms with van der Waals surface area (Å²) in [5.41, 5.74) is 4.27. The Labute approximate surface area is 155 Å². The lowest BCUT2D eigenvalue weighted by atomic mass is 10.0. The smallest absolute Gasteiger partial charge is 0.266 e. The first-order valence-corrected chi connectivity index (χ1v) is 9.41. The van der Waals surface area contributed by atoms with Gasteiger partial charge in [-0.05, 0) is 30.0 Å². The van der Waals surface area contributed by atoms with E-state index in [1.54, 1.807) is 0 Å². The Morgan fingerprint density at radius 3 is 2.35 bits per heavy atom. The fourth-order valence-electron chi connectivity index (χ4n) is 2.79. The van der Waals surface area contributed by atoms with Crippen molar-refractivity contribution in [1.82, 2.24) is 14.6 Å². The van der Waals surface area contributed by atoms with E-state index >= 15 is 0 Å². The van der Waals surface area contributed by atoms with Gasteiger partial charge >= 0.3 is 0 Å². The van der Waals surface area contributed by atoms with Gasteiger partial charge in [0.05, 0.1) is 4.53 Å². The van der Waals surface area contributed by atoms with Gasteiger partial charge in [-0.3, -0.25) is 4.79 Å². The summed E-state index contributed by atoms with van der Waals surface area (Å²) in [6.45, 7) is 6.37. The van der Waals surface area contributed by atoms with Gasteiger partial charge in [0.1, 0.15) is 0 Å². The van der Waals surface area contributed by atoms with Crippen LogP contribution >= 0.6 is 11.3 Å². The number of aryl methyl sites for hydroxylation is 1. The molecule has 0 fully saturated rings. The molecule has 0 aliphatic rings. The van der Waals surface area contributed by atoms with Gasteiger partial charge in [0.25, 0.3) is 5.56 Å². The van der Waals surface area contributed by atoms with Crippen LogP contribution in [0, 0.1) is 6.92 Å². The molecule has 2 aromatic heterocycles. The maximum Gasteiger partial charge on any atom is 0.291 e. The summed E-state index contributed by atoms with van der Waals surface area (Å²) in [7, 11) is 0. The molecule has 4 nitrogen and oxygen atoms in total. The lowest BCUT2D eigenvalue weighted by Crippen LogP contribution is -2.23. The van der Waals surface area contributed by atoms with Crippen LogP contribution in [0.4, 0.5) is 0 Å². The van der Waals surface area contributed by atoms with Crippen molar-refractivity contribution in [2.24, 2.45) is 0 Å². The maximum atomic E-state index is 12.6. The first kappa shape index (κ1) is 16.7. The van der Waals surface area contributed by atoms with E-state index in [0.717, 1.165) is 11.1 Å². The van der Waals surface area contributed by atoms with Crippen LogP contribution in [-0.4, -0.2) is 14.6 Å². The molecule has 0 bridgehead atoms. The van der Waals surface area contributed by atoms with Gasteiger partial charge in [-0.1, -0.05) is 79.3 Å². The van der Waals surface area contributed by atoms with Crippen LogP contribution in [0.3, 0.4) is 0 Å². The summed E-state index contributed by atoms with van der Waals surface area (Å²) < 4.78 is 2.04. The highest BCUT2D eigenvalue weighted by atomic mass is 32.1. The summed E-state index contributed by atoms with van der Waals surface area (Å²) in [5, 5.41) is 4.40. The monoisotopic (exact) mass is 361 g/mol. The van der Waals surface area contributed by atoms with E-state index in [2.05, 4.69) is 36.1 Å². The predicted molar refractivity (Wildman–Crippen MR) is 107 cm³/mol. The predicted octanol–water partition coefficient (Wildman–Crippen LogP) is 3.80. The second-order valence-corrected chi connectivity index (χ2v) is 7.74. The van der Waals surface area contributed by atoms with E-state index in [-0.39, 0.29) is 5.56 Å². The molecule has 4 aromatic rings. The highest BCUT2D eigenvalue weighted by molar-refractivity contribution is 7.15. The number of hydrogen-bond acceptors (Lipinski definition) is 4. The summed E-state index contributed by atoms with van der Waals surface area (Å²) in [6.07, 6.45) is 1.90. The molecule has 0 spiro atoms. The Bertz CT molecular complexity index is 1170. The van der Waals surface area contributed by atoms with Crippen molar-refractivity contribution in [2.45, 2.75) is 26.7 Å². The van der Waals surface area contributed by atoms with E-state index in [1.165, 1.54) is 27.0 Å². The minimum absolute atomic E-state index is 0.121. The molecule has 130 valence electrons. The van der Waals surface area contributed by atoms with E-state index in [4.69, 9.17) is 0 Å². The van der Waals surface area contributed by atoms with E-state index in [9.17, 15) is 4.79 Å². The van der Waals surface area contributed by atoms with Gasteiger partial charge < -0.3 is 0 Å². The quantitative estimate of drug-likeness (QED) is 0.558. The maximum absolute atomic E-state index is 12.6. The minimum Gasteiger partial charge on any atom is -0.266 e. The lowest BCUT2D eigenvalue weighted by Gasteiger charge is -2.04. The van der Waals surface area contributed by atoms with Gasteiger partial charge in [-0.2, -0.15) is 9.50 Å². The van der Waals surface area contributed by atoms with Crippen molar-refractivity contribution in [1.29, 1.82) is 0 Å². The van der Waals surface area contributed by atoms with Crippen molar-refractivity contribution in [3.8, 4) is 11.4 Å². The summed E-state index contributed by atoms with van der Waals surface area (Å²) in [5.74, 6) is 1.08. The van der Waals surface area contributed by atoms with Gasteiger partial charge in [-0.25, -0.2) is 0 Å². The number of hydrogen-bond donors (Lipinski definition) is 0. The summed E-state index contributed by atoms with van der Waals surface area (Å²) >= 11 is 1.37. The van der Waals surface area contributed by atoms with Crippen LogP contribution in [0.2, 0.25) is 0 Å². The Balaban J connectivity index is 1.73. The molecule has 0 atom stereocenters. The number of rotatable bonds is 3. The van der Waals surface area contributed by atoms with Gasteiger partial charge in [0.15, 0.2) is 5.82 Å². The second kappa shape index (κ2) is 6.50. The standard InChI is InChI=1S/C21H19N3OS/c1-13(2)16-10-6-15(7-11-16)12-18-20(25)24-21(26-18)22-19(23-24)17-8-4-14(3)5-9-17/h4-13H,1-3H3/b18-12-. The third-order valence-electron chi connectivity index (χ3n) is 4.39. The molecule has 0 aliphatic carbocycles. The molecular formula is C21H19N3OS. The molecule has 0 amide bonds. The van der Waals surface area contributed by atoms with Crippen LogP contribution < -0.4 is 10.1 Å². The Hall–Kier alpha value is -2.79. The number of aromatic nitrogens is 3. The topological polar surface area (TPSA) is 47.3 Å². The van der Waals surface area contributed by atoms with Crippen LogP contribution in [0.5, 0.6) is 0 Å². The second-order valence-electron chi connectivity index (χ2n) is 6.73. The number of thiazole rings is 1. The molecular weight excluding hydrogens is 342 g/mol. The molecule has 0 saturated carbocycles. The van der Waals surface area contributed by atoms with Crippen molar-refractivity contribution in [3.63, 3.8) is 0 Å². The molecule has 0 N–H and O–H groups in total. The van der Waals surface area contributed by atoms with E-state index in [0.29, 0.717) is 21.2 Å². The molecule has 0 saturated heterocycles. The first-order chi connectivity index (χ1) is 12.5. The van der Waals surface area contributed by atoms with Crippen LogP contribution in [0.15, 0.2) is 53.3 Å². The van der Waals surface area contributed by atoms with Gasteiger partial charge in [0, 0.05) is 5.56 Å². The normalized spacial score (nSPS) is 12.4. The van der Waals surface area contributed by atoms with Gasteiger partial charge in [0.2, 0.25) is 4.96 Å². The minimum atomic E-state index is -0.121. The van der Waals surface area contributed by atoms with Gasteiger partial charge in [-0.15, -0.1) is 5.10 Å². The van der Waals surface area contributed by atoms with Crippen LogP contribution in [-0.2, 0) is 0 Å². The summed E-state index contributed by atoms with van der Waals surface area (Å²) in [6, 6.07) is 16.3. The lowest BCUT2D eigenvalue weighted by molar-refractivity contribution is 0.866. The summed E-state index contributed by atoms with van der Waals surface area (Å²) in [4.78, 5) is 17.8. The average molecular weight is 361 g/mol. The highest BCUT2D eigenvalue weighted by Gasteiger charge is 2.11. The zero-order valence-corrected chi connectivity index (χ0v) is 15.7. The third kappa shape index (κ3) is 3.06. The number of fused-ring (bicyclic) bond motifs is 1. The van der Waals surface area contributed by atoms with Crippen molar-refractivity contribution in [3.05, 3.63) is 80.1 Å². The number of nitrogens with zero attached hydrogens (tertiary/aromatic N) is 3. The molecule has 2 aromatic carbocycles. The molecule has 0 unspecified atom stereocenters. The van der Waals surface area contributed by atoms with Crippen LogP contribution in [0.1, 0.15) is 36.5 Å². The Morgan fingerprint density at radius 1 is 1.04 bits per heavy atom. The average Bonchev–Trinajstić information content (AvgIpc) is 3.16. The zero-order valence-electron chi connectivity index (χ0n) is 14.9.